The molecule has 0 radical (unpaired) electrons. The smallest absolute Gasteiger partial charge is 0.350 e. The summed E-state index contributed by atoms with van der Waals surface area (Å²) in [6.07, 6.45) is 2.82. The van der Waals surface area contributed by atoms with Crippen molar-refractivity contribution in [3.05, 3.63) is 69.3 Å². The maximum absolute atomic E-state index is 11.8. The zero-order valence-corrected chi connectivity index (χ0v) is 17.0. The first kappa shape index (κ1) is 20.3. The van der Waals surface area contributed by atoms with Gasteiger partial charge in [0.1, 0.15) is 0 Å². The Morgan fingerprint density at radius 1 is 1.21 bits per heavy atom. The number of carbonyl (C=O) groups is 2. The maximum Gasteiger partial charge on any atom is 0.350 e. The van der Waals surface area contributed by atoms with Crippen LogP contribution >= 0.6 is 36.1 Å². The monoisotopic (exact) mass is 436 g/mol. The van der Waals surface area contributed by atoms with Crippen molar-refractivity contribution in [3.8, 4) is 0 Å². The van der Waals surface area contributed by atoms with Crippen LogP contribution in [0, 0.1) is 0 Å². The van der Waals surface area contributed by atoms with Gasteiger partial charge in [0.05, 0.1) is 30.4 Å². The van der Waals surface area contributed by atoms with Crippen LogP contribution < -0.4 is 0 Å². The number of fused-ring (bicyclic) bond motifs is 1. The summed E-state index contributed by atoms with van der Waals surface area (Å²) >= 11 is 15.8. The van der Waals surface area contributed by atoms with Crippen molar-refractivity contribution in [2.75, 3.05) is 7.11 Å². The lowest BCUT2D eigenvalue weighted by atomic mass is 10.1. The van der Waals surface area contributed by atoms with Gasteiger partial charge in [-0.25, -0.2) is 9.59 Å². The second-order valence-corrected chi connectivity index (χ2v) is 6.77. The molecular formula is C19H14Cl2N2O4S. The molecule has 0 aliphatic rings. The molecule has 9 heteroatoms. The zero-order valence-electron chi connectivity index (χ0n) is 14.6. The number of halogens is 2. The highest BCUT2D eigenvalue weighted by molar-refractivity contribution is 7.75. The Morgan fingerprint density at radius 3 is 2.68 bits per heavy atom. The van der Waals surface area contributed by atoms with Crippen LogP contribution in [0.1, 0.15) is 21.6 Å². The summed E-state index contributed by atoms with van der Waals surface area (Å²) < 4.78 is 10.8. The van der Waals surface area contributed by atoms with E-state index in [2.05, 4.69) is 26.9 Å². The average Bonchev–Trinajstić information content (AvgIpc) is 3.04. The van der Waals surface area contributed by atoms with Crippen LogP contribution in [0.25, 0.3) is 17.0 Å². The van der Waals surface area contributed by atoms with E-state index in [1.807, 2.05) is 0 Å². The summed E-state index contributed by atoms with van der Waals surface area (Å²) in [5, 5.41) is 6.30. The molecule has 0 unspecified atom stereocenters. The summed E-state index contributed by atoms with van der Waals surface area (Å²) in [7, 11) is 1.29. The van der Waals surface area contributed by atoms with Crippen molar-refractivity contribution in [1.29, 1.82) is 0 Å². The highest BCUT2D eigenvalue weighted by Gasteiger charge is 2.15. The number of methoxy groups -OCH3 is 1. The lowest BCUT2D eigenvalue weighted by Gasteiger charge is -2.07. The van der Waals surface area contributed by atoms with Crippen molar-refractivity contribution in [2.24, 2.45) is 0 Å². The number of nitrogens with zero attached hydrogens (tertiary/aromatic N) is 2. The van der Waals surface area contributed by atoms with E-state index in [1.54, 1.807) is 47.2 Å². The van der Waals surface area contributed by atoms with E-state index in [1.165, 1.54) is 13.2 Å². The highest BCUT2D eigenvalue weighted by atomic mass is 35.5. The van der Waals surface area contributed by atoms with Crippen molar-refractivity contribution < 1.29 is 18.5 Å². The molecule has 0 bridgehead atoms. The number of thiol groups is 1. The van der Waals surface area contributed by atoms with Gasteiger partial charge in [-0.15, -0.1) is 0 Å². The number of esters is 1. The molecule has 0 saturated carbocycles. The number of aromatic nitrogens is 2. The molecule has 28 heavy (non-hydrogen) atoms. The van der Waals surface area contributed by atoms with Crippen LogP contribution in [0.15, 0.2) is 42.5 Å². The lowest BCUT2D eigenvalue weighted by molar-refractivity contribution is -0.134. The molecule has 1 aromatic heterocycles. The number of hydrogen-bond donors (Lipinski definition) is 1. The fourth-order valence-electron chi connectivity index (χ4n) is 2.65. The quantitative estimate of drug-likeness (QED) is 0.274. The van der Waals surface area contributed by atoms with Gasteiger partial charge in [-0.3, -0.25) is 4.68 Å². The van der Waals surface area contributed by atoms with Gasteiger partial charge >= 0.3 is 11.9 Å². The van der Waals surface area contributed by atoms with Crippen molar-refractivity contribution in [1.82, 2.24) is 9.78 Å². The Hall–Kier alpha value is -2.48. The summed E-state index contributed by atoms with van der Waals surface area (Å²) in [5.74, 6) is -1.09. The van der Waals surface area contributed by atoms with E-state index >= 15 is 0 Å². The van der Waals surface area contributed by atoms with Crippen LogP contribution in [0.4, 0.5) is 0 Å². The molecular weight excluding hydrogens is 423 g/mol. The molecule has 0 spiro atoms. The molecule has 0 amide bonds. The van der Waals surface area contributed by atoms with E-state index in [4.69, 9.17) is 23.2 Å². The van der Waals surface area contributed by atoms with Crippen molar-refractivity contribution in [3.63, 3.8) is 0 Å². The zero-order chi connectivity index (χ0) is 20.3. The van der Waals surface area contributed by atoms with Crippen LogP contribution in [0.3, 0.4) is 0 Å². The molecule has 3 rings (SSSR count). The van der Waals surface area contributed by atoms with E-state index in [0.717, 1.165) is 10.9 Å². The number of benzene rings is 2. The molecule has 0 aliphatic heterocycles. The number of ether oxygens (including phenoxy) is 1. The van der Waals surface area contributed by atoms with E-state index in [-0.39, 0.29) is 0 Å². The Bertz CT molecular complexity index is 1090. The Balaban J connectivity index is 2.11. The maximum atomic E-state index is 11.8. The highest BCUT2D eigenvalue weighted by Crippen LogP contribution is 2.26. The van der Waals surface area contributed by atoms with E-state index < -0.39 is 11.9 Å². The summed E-state index contributed by atoms with van der Waals surface area (Å²) in [6, 6.07) is 10.1. The summed E-state index contributed by atoms with van der Waals surface area (Å²) in [6.45, 7) is 0.331. The fraction of sp³-hybridized carbons (Fsp3) is 0.105. The van der Waals surface area contributed by atoms with Gasteiger partial charge < -0.3 is 8.92 Å². The Morgan fingerprint density at radius 2 is 2.00 bits per heavy atom. The molecule has 1 heterocycles. The summed E-state index contributed by atoms with van der Waals surface area (Å²) in [5.41, 5.74) is 2.30. The standard InChI is InChI=1S/C19H14Cl2N2O4S/c1-26-18(24)7-6-16-14-5-3-11(19(25)27-28)8-17(14)23(22-16)10-12-2-4-13(20)9-15(12)21/h2-9,28H,10H2,1H3/b7-6+. The first-order valence-electron chi connectivity index (χ1n) is 7.99. The van der Waals surface area contributed by atoms with Gasteiger partial charge in [0.15, 0.2) is 0 Å². The second-order valence-electron chi connectivity index (χ2n) is 5.75. The minimum Gasteiger partial charge on any atom is -0.466 e. The third-order valence-corrected chi connectivity index (χ3v) is 4.77. The van der Waals surface area contributed by atoms with Gasteiger partial charge in [-0.05, 0) is 42.0 Å². The fourth-order valence-corrected chi connectivity index (χ4v) is 3.22. The van der Waals surface area contributed by atoms with Gasteiger partial charge in [0, 0.05) is 34.4 Å². The predicted molar refractivity (Wildman–Crippen MR) is 111 cm³/mol. The van der Waals surface area contributed by atoms with Crippen LogP contribution in [0.2, 0.25) is 10.0 Å². The molecule has 0 atom stereocenters. The van der Waals surface area contributed by atoms with Crippen LogP contribution in [-0.2, 0) is 20.3 Å². The Labute approximate surface area is 176 Å². The van der Waals surface area contributed by atoms with Gasteiger partial charge in [-0.2, -0.15) is 5.10 Å². The minimum atomic E-state index is -0.589. The molecule has 3 aromatic rings. The molecule has 0 aliphatic carbocycles. The van der Waals surface area contributed by atoms with E-state index in [9.17, 15) is 9.59 Å². The SMILES string of the molecule is COC(=O)/C=C/c1nn(Cc2ccc(Cl)cc2Cl)c2cc(C(=O)OS)ccc12. The second kappa shape index (κ2) is 8.68. The molecule has 2 aromatic carbocycles. The third-order valence-electron chi connectivity index (χ3n) is 4.01. The Kier molecular flexibility index (Phi) is 6.28. The van der Waals surface area contributed by atoms with Crippen LogP contribution in [0.5, 0.6) is 0 Å². The van der Waals surface area contributed by atoms with Crippen LogP contribution in [-0.4, -0.2) is 28.8 Å². The van der Waals surface area contributed by atoms with E-state index in [0.29, 0.717) is 33.4 Å². The number of carbonyl (C=O) groups excluding carboxylic acids is 2. The van der Waals surface area contributed by atoms with Gasteiger partial charge in [0.2, 0.25) is 0 Å². The van der Waals surface area contributed by atoms with Gasteiger partial charge in [0.25, 0.3) is 0 Å². The topological polar surface area (TPSA) is 70.4 Å². The molecule has 0 N–H and O–H groups in total. The van der Waals surface area contributed by atoms with Crippen molar-refractivity contribution >= 4 is 65.0 Å². The molecule has 0 fully saturated rings. The normalized spacial score (nSPS) is 11.1. The minimum absolute atomic E-state index is 0.314. The largest absolute Gasteiger partial charge is 0.466 e. The number of rotatable bonds is 5. The lowest BCUT2D eigenvalue weighted by Crippen LogP contribution is -2.04. The van der Waals surface area contributed by atoms with Gasteiger partial charge in [-0.1, -0.05) is 29.3 Å². The third kappa shape index (κ3) is 4.32. The number of hydrogen-bond acceptors (Lipinski definition) is 6. The predicted octanol–water partition coefficient (Wildman–Crippen LogP) is 4.58. The first-order valence-corrected chi connectivity index (χ1v) is 9.11. The molecule has 6 nitrogen and oxygen atoms in total. The van der Waals surface area contributed by atoms with Crippen molar-refractivity contribution in [2.45, 2.75) is 6.54 Å². The summed E-state index contributed by atoms with van der Waals surface area (Å²) in [4.78, 5) is 23.3. The molecule has 144 valence electrons. The molecule has 0 saturated heterocycles. The average molecular weight is 437 g/mol. The first-order chi connectivity index (χ1) is 13.4.